The molecular formula is C23H25NO5. The normalized spacial score (nSPS) is 13.3. The van der Waals surface area contributed by atoms with E-state index in [1.807, 2.05) is 41.3 Å². The Morgan fingerprint density at radius 1 is 1.00 bits per heavy atom. The Labute approximate surface area is 170 Å². The molecule has 1 amide bonds. The molecule has 29 heavy (non-hydrogen) atoms. The molecule has 4 rings (SSSR count). The molecule has 1 saturated carbocycles. The lowest BCUT2D eigenvalue weighted by atomic mass is 10.1. The van der Waals surface area contributed by atoms with Crippen molar-refractivity contribution >= 4 is 16.9 Å². The fourth-order valence-corrected chi connectivity index (χ4v) is 3.59. The molecular weight excluding hydrogens is 370 g/mol. The van der Waals surface area contributed by atoms with Crippen LogP contribution in [-0.2, 0) is 17.8 Å². The molecule has 0 bridgehead atoms. The van der Waals surface area contributed by atoms with Crippen LogP contribution < -0.4 is 14.2 Å². The summed E-state index contributed by atoms with van der Waals surface area (Å²) in [6, 6.07) is 11.6. The fraction of sp³-hybridized carbons (Fsp3) is 0.348. The minimum absolute atomic E-state index is 0.0795. The van der Waals surface area contributed by atoms with Gasteiger partial charge in [0.1, 0.15) is 22.8 Å². The second-order valence-corrected chi connectivity index (χ2v) is 7.23. The number of furan rings is 1. The number of benzene rings is 2. The van der Waals surface area contributed by atoms with E-state index >= 15 is 0 Å². The smallest absolute Gasteiger partial charge is 0.227 e. The summed E-state index contributed by atoms with van der Waals surface area (Å²) in [7, 11) is 4.89. The summed E-state index contributed by atoms with van der Waals surface area (Å²) in [5, 5.41) is 0.939. The van der Waals surface area contributed by atoms with Crippen molar-refractivity contribution in [3.63, 3.8) is 0 Å². The molecule has 1 aliphatic carbocycles. The van der Waals surface area contributed by atoms with E-state index in [4.69, 9.17) is 18.6 Å². The Hall–Kier alpha value is -3.15. The second kappa shape index (κ2) is 8.07. The van der Waals surface area contributed by atoms with Crippen LogP contribution >= 0.6 is 0 Å². The third-order valence-electron chi connectivity index (χ3n) is 5.34. The standard InChI is InChI=1S/C23H25NO5/c1-26-18-7-9-21(28-3)15(10-18)13-24(17-4-5-17)23(25)11-16-14-29-22-12-19(27-2)6-8-20(16)22/h6-10,12,14,17H,4-5,11,13H2,1-3H3. The fourth-order valence-electron chi connectivity index (χ4n) is 3.59. The zero-order valence-corrected chi connectivity index (χ0v) is 16.9. The predicted molar refractivity (Wildman–Crippen MR) is 110 cm³/mol. The number of amides is 1. The third kappa shape index (κ3) is 4.01. The van der Waals surface area contributed by atoms with E-state index in [1.165, 1.54) is 0 Å². The molecule has 3 aromatic rings. The van der Waals surface area contributed by atoms with Gasteiger partial charge in [-0.15, -0.1) is 0 Å². The van der Waals surface area contributed by atoms with Gasteiger partial charge in [0.15, 0.2) is 0 Å². The van der Waals surface area contributed by atoms with E-state index < -0.39 is 0 Å². The van der Waals surface area contributed by atoms with Gasteiger partial charge >= 0.3 is 0 Å². The molecule has 1 aliphatic rings. The first kappa shape index (κ1) is 19.2. The molecule has 152 valence electrons. The molecule has 0 radical (unpaired) electrons. The molecule has 1 aromatic heterocycles. The van der Waals surface area contributed by atoms with Crippen LogP contribution in [0.2, 0.25) is 0 Å². The maximum Gasteiger partial charge on any atom is 0.227 e. The summed E-state index contributed by atoms with van der Waals surface area (Å²) >= 11 is 0. The molecule has 0 saturated heterocycles. The highest BCUT2D eigenvalue weighted by Gasteiger charge is 2.33. The summed E-state index contributed by atoms with van der Waals surface area (Å²) in [6.07, 6.45) is 4.02. The summed E-state index contributed by atoms with van der Waals surface area (Å²) in [4.78, 5) is 15.1. The molecule has 0 atom stereocenters. The molecule has 6 heteroatoms. The Balaban J connectivity index is 1.56. The molecule has 0 spiro atoms. The summed E-state index contributed by atoms with van der Waals surface area (Å²) in [5.41, 5.74) is 2.55. The molecule has 1 heterocycles. The highest BCUT2D eigenvalue weighted by molar-refractivity contribution is 5.88. The minimum Gasteiger partial charge on any atom is -0.497 e. The van der Waals surface area contributed by atoms with Gasteiger partial charge in [-0.3, -0.25) is 4.79 Å². The van der Waals surface area contributed by atoms with E-state index in [1.54, 1.807) is 27.6 Å². The highest BCUT2D eigenvalue weighted by Crippen LogP contribution is 2.33. The topological polar surface area (TPSA) is 61.1 Å². The second-order valence-electron chi connectivity index (χ2n) is 7.23. The van der Waals surface area contributed by atoms with Crippen LogP contribution in [0.1, 0.15) is 24.0 Å². The summed E-state index contributed by atoms with van der Waals surface area (Å²) < 4.78 is 21.7. The van der Waals surface area contributed by atoms with E-state index in [0.29, 0.717) is 13.0 Å². The van der Waals surface area contributed by atoms with Crippen molar-refractivity contribution < 1.29 is 23.4 Å². The van der Waals surface area contributed by atoms with Crippen molar-refractivity contribution in [2.75, 3.05) is 21.3 Å². The molecule has 0 unspecified atom stereocenters. The number of nitrogens with zero attached hydrogens (tertiary/aromatic N) is 1. The average Bonchev–Trinajstić information content (AvgIpc) is 3.52. The minimum atomic E-state index is 0.0795. The van der Waals surface area contributed by atoms with Crippen molar-refractivity contribution in [2.24, 2.45) is 0 Å². The lowest BCUT2D eigenvalue weighted by Crippen LogP contribution is -2.33. The maximum atomic E-state index is 13.2. The van der Waals surface area contributed by atoms with Gasteiger partial charge < -0.3 is 23.5 Å². The number of ether oxygens (including phenoxy) is 3. The van der Waals surface area contributed by atoms with Crippen LogP contribution in [-0.4, -0.2) is 38.2 Å². The first-order valence-electron chi connectivity index (χ1n) is 9.67. The van der Waals surface area contributed by atoms with Gasteiger partial charge in [0.25, 0.3) is 0 Å². The van der Waals surface area contributed by atoms with Crippen LogP contribution in [0.25, 0.3) is 11.0 Å². The first-order valence-corrected chi connectivity index (χ1v) is 9.67. The van der Waals surface area contributed by atoms with Gasteiger partial charge in [-0.2, -0.15) is 0 Å². The number of methoxy groups -OCH3 is 3. The number of hydrogen-bond acceptors (Lipinski definition) is 5. The molecule has 1 fully saturated rings. The van der Waals surface area contributed by atoms with Crippen molar-refractivity contribution in [3.05, 3.63) is 53.8 Å². The van der Waals surface area contributed by atoms with Gasteiger partial charge in [-0.1, -0.05) is 0 Å². The Morgan fingerprint density at radius 3 is 2.41 bits per heavy atom. The van der Waals surface area contributed by atoms with Gasteiger partial charge in [0, 0.05) is 35.2 Å². The van der Waals surface area contributed by atoms with Gasteiger partial charge in [0.2, 0.25) is 5.91 Å². The summed E-state index contributed by atoms with van der Waals surface area (Å²) in [5.74, 6) is 2.31. The van der Waals surface area contributed by atoms with E-state index in [9.17, 15) is 4.79 Å². The van der Waals surface area contributed by atoms with Crippen molar-refractivity contribution in [1.29, 1.82) is 0 Å². The van der Waals surface area contributed by atoms with Crippen LogP contribution in [0, 0.1) is 0 Å². The van der Waals surface area contributed by atoms with Crippen LogP contribution in [0.5, 0.6) is 17.2 Å². The van der Waals surface area contributed by atoms with Crippen molar-refractivity contribution in [2.45, 2.75) is 31.8 Å². The highest BCUT2D eigenvalue weighted by atomic mass is 16.5. The molecule has 0 aliphatic heterocycles. The van der Waals surface area contributed by atoms with Crippen LogP contribution in [0.4, 0.5) is 0 Å². The van der Waals surface area contributed by atoms with Crippen molar-refractivity contribution in [3.8, 4) is 17.2 Å². The van der Waals surface area contributed by atoms with E-state index in [0.717, 1.165) is 52.2 Å². The molecule has 6 nitrogen and oxygen atoms in total. The maximum absolute atomic E-state index is 13.2. The zero-order chi connectivity index (χ0) is 20.4. The monoisotopic (exact) mass is 395 g/mol. The number of rotatable bonds is 8. The predicted octanol–water partition coefficient (Wildman–Crippen LogP) is 4.19. The third-order valence-corrected chi connectivity index (χ3v) is 5.34. The van der Waals surface area contributed by atoms with E-state index in [-0.39, 0.29) is 11.9 Å². The number of carbonyl (C=O) groups excluding carboxylic acids is 1. The quantitative estimate of drug-likeness (QED) is 0.572. The van der Waals surface area contributed by atoms with Crippen molar-refractivity contribution in [1.82, 2.24) is 4.90 Å². The number of carbonyl (C=O) groups is 1. The van der Waals surface area contributed by atoms with Crippen LogP contribution in [0.15, 0.2) is 47.1 Å². The van der Waals surface area contributed by atoms with Gasteiger partial charge in [-0.05, 0) is 43.2 Å². The lowest BCUT2D eigenvalue weighted by molar-refractivity contribution is -0.131. The summed E-state index contributed by atoms with van der Waals surface area (Å²) in [6.45, 7) is 0.494. The average molecular weight is 395 g/mol. The zero-order valence-electron chi connectivity index (χ0n) is 16.9. The van der Waals surface area contributed by atoms with Crippen LogP contribution in [0.3, 0.4) is 0 Å². The first-order chi connectivity index (χ1) is 14.1. The Kier molecular flexibility index (Phi) is 5.34. The van der Waals surface area contributed by atoms with E-state index in [2.05, 4.69) is 0 Å². The largest absolute Gasteiger partial charge is 0.497 e. The molecule has 2 aromatic carbocycles. The Bertz CT molecular complexity index is 1020. The van der Waals surface area contributed by atoms with Gasteiger partial charge in [0.05, 0.1) is 34.0 Å². The number of hydrogen-bond donors (Lipinski definition) is 0. The van der Waals surface area contributed by atoms with Gasteiger partial charge in [-0.25, -0.2) is 0 Å². The Morgan fingerprint density at radius 2 is 1.72 bits per heavy atom. The lowest BCUT2D eigenvalue weighted by Gasteiger charge is -2.24. The molecule has 0 N–H and O–H groups in total. The SMILES string of the molecule is COc1ccc(OC)c(CN(C(=O)Cc2coc3cc(OC)ccc23)C2CC2)c1. The number of fused-ring (bicyclic) bond motifs is 1.